The van der Waals surface area contributed by atoms with E-state index in [1.54, 1.807) is 0 Å². The molecule has 0 radical (unpaired) electrons. The molecule has 0 saturated carbocycles. The van der Waals surface area contributed by atoms with E-state index in [-0.39, 0.29) is 21.3 Å². The van der Waals surface area contributed by atoms with Crippen molar-refractivity contribution in [1.29, 1.82) is 0 Å². The van der Waals surface area contributed by atoms with Crippen LogP contribution in [-0.2, 0) is 15.7 Å². The number of amides is 2. The smallest absolute Gasteiger partial charge is 0.368 e. The van der Waals surface area contributed by atoms with Gasteiger partial charge in [0, 0.05) is 27.9 Å². The molecule has 0 spiro atoms. The van der Waals surface area contributed by atoms with Gasteiger partial charge in [-0.25, -0.2) is 0 Å². The Bertz CT molecular complexity index is 925. The average Bonchev–Trinajstić information content (AvgIpc) is 3.16. The van der Waals surface area contributed by atoms with E-state index in [1.807, 2.05) is 0 Å². The van der Waals surface area contributed by atoms with Gasteiger partial charge in [-0.1, -0.05) is 23.2 Å². The lowest BCUT2D eigenvalue weighted by Crippen LogP contribution is -2.27. The molecule has 3 rings (SSSR count). The van der Waals surface area contributed by atoms with Crippen LogP contribution < -0.4 is 10.6 Å². The molecule has 29 heavy (non-hydrogen) atoms. The zero-order valence-corrected chi connectivity index (χ0v) is 16.3. The van der Waals surface area contributed by atoms with Crippen molar-refractivity contribution in [3.63, 3.8) is 0 Å². The van der Waals surface area contributed by atoms with Crippen LogP contribution in [0, 0.1) is 0 Å². The Balaban J connectivity index is 1.84. The maximum absolute atomic E-state index is 13.5. The lowest BCUT2D eigenvalue weighted by atomic mass is 10.1. The molecular formula is C19H15Cl2F3N2O3. The van der Waals surface area contributed by atoms with Gasteiger partial charge in [-0.2, -0.15) is 13.2 Å². The lowest BCUT2D eigenvalue weighted by molar-refractivity contribution is -0.137. The average molecular weight is 447 g/mol. The van der Waals surface area contributed by atoms with Gasteiger partial charge in [-0.05, 0) is 49.2 Å². The van der Waals surface area contributed by atoms with E-state index in [9.17, 15) is 22.8 Å². The Hall–Kier alpha value is -2.29. The monoisotopic (exact) mass is 446 g/mol. The second-order valence-electron chi connectivity index (χ2n) is 6.36. The van der Waals surface area contributed by atoms with Crippen LogP contribution >= 0.6 is 23.2 Å². The number of benzene rings is 2. The number of rotatable bonds is 4. The van der Waals surface area contributed by atoms with Crippen LogP contribution in [0.1, 0.15) is 28.8 Å². The fourth-order valence-corrected chi connectivity index (χ4v) is 3.38. The van der Waals surface area contributed by atoms with Crippen molar-refractivity contribution in [2.45, 2.75) is 25.1 Å². The molecule has 2 N–H and O–H groups in total. The molecule has 0 aliphatic carbocycles. The highest BCUT2D eigenvalue weighted by atomic mass is 35.5. The second kappa shape index (κ2) is 8.61. The SMILES string of the molecule is O=C(Nc1ccc(NC(=O)C2CCCO2)cc1C(F)(F)F)c1cc(Cl)cc(Cl)c1. The highest BCUT2D eigenvalue weighted by Crippen LogP contribution is 2.37. The number of nitrogens with one attached hydrogen (secondary N) is 2. The number of anilines is 2. The van der Waals surface area contributed by atoms with Crippen molar-refractivity contribution < 1.29 is 27.5 Å². The van der Waals surface area contributed by atoms with Crippen LogP contribution in [0.3, 0.4) is 0 Å². The maximum Gasteiger partial charge on any atom is 0.418 e. The highest BCUT2D eigenvalue weighted by Gasteiger charge is 2.35. The van der Waals surface area contributed by atoms with Gasteiger partial charge in [-0.15, -0.1) is 0 Å². The molecule has 1 aliphatic rings. The molecule has 2 aromatic carbocycles. The number of halogens is 5. The summed E-state index contributed by atoms with van der Waals surface area (Å²) in [6, 6.07) is 7.05. The Morgan fingerprint density at radius 2 is 1.72 bits per heavy atom. The van der Waals surface area contributed by atoms with Gasteiger partial charge in [0.2, 0.25) is 0 Å². The second-order valence-corrected chi connectivity index (χ2v) is 7.23. The molecule has 5 nitrogen and oxygen atoms in total. The first kappa shape index (κ1) is 21.4. The topological polar surface area (TPSA) is 67.4 Å². The first-order valence-corrected chi connectivity index (χ1v) is 9.30. The first-order valence-electron chi connectivity index (χ1n) is 8.54. The molecule has 154 valence electrons. The van der Waals surface area contributed by atoms with Crippen LogP contribution in [0.25, 0.3) is 0 Å². The van der Waals surface area contributed by atoms with Crippen molar-refractivity contribution in [2.24, 2.45) is 0 Å². The number of alkyl halides is 3. The summed E-state index contributed by atoms with van der Waals surface area (Å²) in [7, 11) is 0. The van der Waals surface area contributed by atoms with Crippen LogP contribution in [0.15, 0.2) is 36.4 Å². The molecule has 0 bridgehead atoms. The minimum Gasteiger partial charge on any atom is -0.368 e. The Morgan fingerprint density at radius 1 is 1.03 bits per heavy atom. The number of ether oxygens (including phenoxy) is 1. The van der Waals surface area contributed by atoms with Crippen molar-refractivity contribution in [3.05, 3.63) is 57.6 Å². The van der Waals surface area contributed by atoms with Crippen molar-refractivity contribution in [2.75, 3.05) is 17.2 Å². The predicted molar refractivity (Wildman–Crippen MR) is 103 cm³/mol. The van der Waals surface area contributed by atoms with E-state index >= 15 is 0 Å². The van der Waals surface area contributed by atoms with Gasteiger partial charge in [0.05, 0.1) is 11.3 Å². The summed E-state index contributed by atoms with van der Waals surface area (Å²) in [5.74, 6) is -1.32. The molecule has 2 amide bonds. The van der Waals surface area contributed by atoms with E-state index in [0.29, 0.717) is 19.4 Å². The van der Waals surface area contributed by atoms with Gasteiger partial charge in [0.25, 0.3) is 11.8 Å². The first-order chi connectivity index (χ1) is 13.6. The Labute approximate surface area is 174 Å². The normalized spacial score (nSPS) is 16.5. The molecule has 1 atom stereocenters. The van der Waals surface area contributed by atoms with E-state index in [0.717, 1.165) is 12.1 Å². The summed E-state index contributed by atoms with van der Waals surface area (Å²) in [5.41, 5.74) is -1.62. The van der Waals surface area contributed by atoms with Crippen LogP contribution in [0.2, 0.25) is 10.0 Å². The summed E-state index contributed by atoms with van der Waals surface area (Å²) >= 11 is 11.7. The molecule has 2 aromatic rings. The van der Waals surface area contributed by atoms with E-state index < -0.39 is 35.3 Å². The molecule has 1 heterocycles. The van der Waals surface area contributed by atoms with Gasteiger partial charge < -0.3 is 15.4 Å². The lowest BCUT2D eigenvalue weighted by Gasteiger charge is -2.17. The van der Waals surface area contributed by atoms with Gasteiger partial charge in [-0.3, -0.25) is 9.59 Å². The van der Waals surface area contributed by atoms with Crippen molar-refractivity contribution in [1.82, 2.24) is 0 Å². The quantitative estimate of drug-likeness (QED) is 0.662. The fraction of sp³-hybridized carbons (Fsp3) is 0.263. The standard InChI is InChI=1S/C19H15Cl2F3N2O3/c20-11-6-10(7-12(21)8-11)17(27)26-15-4-3-13(9-14(15)19(22,23)24)25-18(28)16-2-1-5-29-16/h3-4,6-9,16H,1-2,5H2,(H,25,28)(H,26,27). The van der Waals surface area contributed by atoms with Crippen LogP contribution in [-0.4, -0.2) is 24.5 Å². The molecule has 0 aromatic heterocycles. The van der Waals surface area contributed by atoms with Crippen molar-refractivity contribution >= 4 is 46.4 Å². The van der Waals surface area contributed by atoms with Gasteiger partial charge in [0.1, 0.15) is 6.10 Å². The molecule has 10 heteroatoms. The third-order valence-corrected chi connectivity index (χ3v) is 4.62. The zero-order valence-electron chi connectivity index (χ0n) is 14.8. The summed E-state index contributed by atoms with van der Waals surface area (Å²) in [6.45, 7) is 0.435. The van der Waals surface area contributed by atoms with Gasteiger partial charge >= 0.3 is 6.18 Å². The largest absolute Gasteiger partial charge is 0.418 e. The van der Waals surface area contributed by atoms with Gasteiger partial charge in [0.15, 0.2) is 0 Å². The van der Waals surface area contributed by atoms with E-state index in [1.165, 1.54) is 24.3 Å². The highest BCUT2D eigenvalue weighted by molar-refractivity contribution is 6.35. The van der Waals surface area contributed by atoms with Crippen LogP contribution in [0.4, 0.5) is 24.5 Å². The minimum atomic E-state index is -4.76. The molecular weight excluding hydrogens is 432 g/mol. The summed E-state index contributed by atoms with van der Waals surface area (Å²) in [5, 5.41) is 4.97. The molecule has 1 fully saturated rings. The Kier molecular flexibility index (Phi) is 6.36. The summed E-state index contributed by atoms with van der Waals surface area (Å²) in [4.78, 5) is 24.4. The number of hydrogen-bond donors (Lipinski definition) is 2. The third-order valence-electron chi connectivity index (χ3n) is 4.19. The summed E-state index contributed by atoms with van der Waals surface area (Å²) in [6.07, 6.45) is -4.23. The summed E-state index contributed by atoms with van der Waals surface area (Å²) < 4.78 is 45.8. The molecule has 1 unspecified atom stereocenters. The fourth-order valence-electron chi connectivity index (χ4n) is 2.85. The molecule has 1 aliphatic heterocycles. The third kappa shape index (κ3) is 5.41. The predicted octanol–water partition coefficient (Wildman–Crippen LogP) is 5.38. The number of carbonyl (C=O) groups is 2. The number of carbonyl (C=O) groups excluding carboxylic acids is 2. The van der Waals surface area contributed by atoms with Crippen molar-refractivity contribution in [3.8, 4) is 0 Å². The zero-order chi connectivity index (χ0) is 21.2. The molecule has 1 saturated heterocycles. The number of hydrogen-bond acceptors (Lipinski definition) is 3. The van der Waals surface area contributed by atoms with E-state index in [4.69, 9.17) is 27.9 Å². The Morgan fingerprint density at radius 3 is 2.31 bits per heavy atom. The van der Waals surface area contributed by atoms with Crippen LogP contribution in [0.5, 0.6) is 0 Å². The maximum atomic E-state index is 13.5. The minimum absolute atomic E-state index is 0.00591. The van der Waals surface area contributed by atoms with E-state index in [2.05, 4.69) is 10.6 Å².